The van der Waals surface area contributed by atoms with Gasteiger partial charge in [-0.3, -0.25) is 14.4 Å². The highest BCUT2D eigenvalue weighted by Gasteiger charge is 2.23. The number of methoxy groups -OCH3 is 1. The van der Waals surface area contributed by atoms with E-state index in [1.165, 1.54) is 7.11 Å². The maximum Gasteiger partial charge on any atom is 0.243 e. The summed E-state index contributed by atoms with van der Waals surface area (Å²) in [5.41, 5.74) is 6.32. The molecule has 4 N–H and O–H groups in total. The van der Waals surface area contributed by atoms with Gasteiger partial charge in [-0.25, -0.2) is 0 Å². The summed E-state index contributed by atoms with van der Waals surface area (Å²) in [4.78, 5) is 36.7. The predicted molar refractivity (Wildman–Crippen MR) is 97.1 cm³/mol. The largest absolute Gasteiger partial charge is 0.495 e. The molecule has 25 heavy (non-hydrogen) atoms. The molecule has 8 nitrogen and oxygen atoms in total. The van der Waals surface area contributed by atoms with Crippen molar-refractivity contribution in [1.29, 1.82) is 0 Å². The Morgan fingerprint density at radius 2 is 2.04 bits per heavy atom. The number of ether oxygens (including phenoxy) is 1. The molecule has 1 fully saturated rings. The average molecular weight is 371 g/mol. The number of carbonyl (C=O) groups is 3. The van der Waals surface area contributed by atoms with Crippen molar-refractivity contribution in [3.8, 4) is 5.75 Å². The number of carbonyl (C=O) groups excluding carboxylic acids is 3. The molecular formula is C16H23ClN4O4. The third kappa shape index (κ3) is 5.61. The number of piperidine rings is 1. The third-order valence-corrected chi connectivity index (χ3v) is 3.71. The van der Waals surface area contributed by atoms with Crippen LogP contribution in [-0.4, -0.2) is 44.5 Å². The lowest BCUT2D eigenvalue weighted by Gasteiger charge is -2.28. The topological polar surface area (TPSA) is 114 Å². The first kappa shape index (κ1) is 20.7. The predicted octanol–water partition coefficient (Wildman–Crippen LogP) is 0.647. The van der Waals surface area contributed by atoms with E-state index in [1.54, 1.807) is 23.1 Å². The van der Waals surface area contributed by atoms with Gasteiger partial charge in [-0.15, -0.1) is 12.4 Å². The summed E-state index contributed by atoms with van der Waals surface area (Å²) in [6, 6.07) is 5.08. The molecule has 9 heteroatoms. The maximum absolute atomic E-state index is 12.1. The van der Waals surface area contributed by atoms with Gasteiger partial charge in [0.05, 0.1) is 25.9 Å². The fraction of sp³-hybridized carbons (Fsp3) is 0.438. The molecule has 0 atom stereocenters. The number of benzene rings is 1. The van der Waals surface area contributed by atoms with Crippen LogP contribution in [0.2, 0.25) is 0 Å². The van der Waals surface area contributed by atoms with Crippen LogP contribution in [0.1, 0.15) is 19.3 Å². The minimum absolute atomic E-state index is 0. The normalized spacial score (nSPS) is 13.7. The zero-order chi connectivity index (χ0) is 17.5. The standard InChI is InChI=1S/C16H22N4O4.ClH/c1-24-13-6-5-11(19-15(22)10-18-14(21)9-17)8-12(13)20-7-3-2-4-16(20)23;/h5-6,8H,2-4,7,9-10,17H2,1H3,(H,18,21)(H,19,22);1H. The Labute approximate surface area is 152 Å². The number of anilines is 2. The number of nitrogens with zero attached hydrogens (tertiary/aromatic N) is 1. The van der Waals surface area contributed by atoms with Gasteiger partial charge in [-0.05, 0) is 31.0 Å². The summed E-state index contributed by atoms with van der Waals surface area (Å²) >= 11 is 0. The molecule has 1 heterocycles. The van der Waals surface area contributed by atoms with Gasteiger partial charge in [0.2, 0.25) is 17.7 Å². The van der Waals surface area contributed by atoms with E-state index >= 15 is 0 Å². The van der Waals surface area contributed by atoms with Gasteiger partial charge in [0.15, 0.2) is 0 Å². The van der Waals surface area contributed by atoms with Crippen LogP contribution in [-0.2, 0) is 14.4 Å². The zero-order valence-electron chi connectivity index (χ0n) is 14.0. The van der Waals surface area contributed by atoms with Crippen LogP contribution in [0.4, 0.5) is 11.4 Å². The molecule has 0 spiro atoms. The average Bonchev–Trinajstić information content (AvgIpc) is 2.60. The molecule has 138 valence electrons. The molecule has 0 aromatic heterocycles. The molecule has 1 aliphatic heterocycles. The number of rotatable bonds is 6. The number of nitrogens with two attached hydrogens (primary N) is 1. The van der Waals surface area contributed by atoms with Gasteiger partial charge in [0.25, 0.3) is 0 Å². The van der Waals surface area contributed by atoms with Gasteiger partial charge in [0.1, 0.15) is 5.75 Å². The van der Waals surface area contributed by atoms with E-state index < -0.39 is 5.91 Å². The Kier molecular flexibility index (Phi) is 8.17. The van der Waals surface area contributed by atoms with Gasteiger partial charge >= 0.3 is 0 Å². The molecule has 1 aliphatic rings. The van der Waals surface area contributed by atoms with Gasteiger partial charge in [-0.1, -0.05) is 0 Å². The fourth-order valence-electron chi connectivity index (χ4n) is 2.50. The SMILES string of the molecule is COc1ccc(NC(=O)CNC(=O)CN)cc1N1CCCCC1=O.Cl. The molecule has 1 saturated heterocycles. The fourth-order valence-corrected chi connectivity index (χ4v) is 2.50. The van der Waals surface area contributed by atoms with Crippen LogP contribution in [0.25, 0.3) is 0 Å². The number of hydrogen-bond donors (Lipinski definition) is 3. The smallest absolute Gasteiger partial charge is 0.243 e. The first-order valence-electron chi connectivity index (χ1n) is 7.80. The summed E-state index contributed by atoms with van der Waals surface area (Å²) in [5, 5.41) is 5.07. The van der Waals surface area contributed by atoms with Crippen molar-refractivity contribution in [2.24, 2.45) is 5.73 Å². The van der Waals surface area contributed by atoms with Crippen molar-refractivity contribution in [1.82, 2.24) is 5.32 Å². The molecule has 3 amide bonds. The second kappa shape index (κ2) is 9.85. The van der Waals surface area contributed by atoms with E-state index in [1.807, 2.05) is 0 Å². The first-order valence-corrected chi connectivity index (χ1v) is 7.80. The second-order valence-corrected chi connectivity index (χ2v) is 5.42. The van der Waals surface area contributed by atoms with Crippen LogP contribution in [0.5, 0.6) is 5.75 Å². The summed E-state index contributed by atoms with van der Waals surface area (Å²) in [5.74, 6) is -0.171. The molecule has 0 radical (unpaired) electrons. The molecule has 0 aliphatic carbocycles. The Hall–Kier alpha value is -2.32. The number of amides is 3. The second-order valence-electron chi connectivity index (χ2n) is 5.42. The number of nitrogens with one attached hydrogen (secondary N) is 2. The van der Waals surface area contributed by atoms with Crippen molar-refractivity contribution in [2.45, 2.75) is 19.3 Å². The van der Waals surface area contributed by atoms with Crippen molar-refractivity contribution >= 4 is 41.5 Å². The highest BCUT2D eigenvalue weighted by atomic mass is 35.5. The number of halogens is 1. The summed E-state index contributed by atoms with van der Waals surface area (Å²) in [6.07, 6.45) is 2.32. The molecule has 0 bridgehead atoms. The lowest BCUT2D eigenvalue weighted by atomic mass is 10.1. The maximum atomic E-state index is 12.1. The highest BCUT2D eigenvalue weighted by Crippen LogP contribution is 2.33. The van der Waals surface area contributed by atoms with Crippen molar-refractivity contribution < 1.29 is 19.1 Å². The van der Waals surface area contributed by atoms with Gasteiger partial charge in [-0.2, -0.15) is 0 Å². The minimum atomic E-state index is -0.403. The van der Waals surface area contributed by atoms with Crippen LogP contribution in [0.15, 0.2) is 18.2 Å². The van der Waals surface area contributed by atoms with E-state index in [0.29, 0.717) is 30.1 Å². The number of hydrogen-bond acceptors (Lipinski definition) is 5. The van der Waals surface area contributed by atoms with Crippen LogP contribution >= 0.6 is 12.4 Å². The van der Waals surface area contributed by atoms with Crippen LogP contribution in [0, 0.1) is 0 Å². The minimum Gasteiger partial charge on any atom is -0.495 e. The highest BCUT2D eigenvalue weighted by molar-refractivity contribution is 5.98. The van der Waals surface area contributed by atoms with Crippen LogP contribution in [0.3, 0.4) is 0 Å². The summed E-state index contributed by atoms with van der Waals surface area (Å²) < 4.78 is 5.32. The quantitative estimate of drug-likeness (QED) is 0.680. The summed E-state index contributed by atoms with van der Waals surface area (Å²) in [6.45, 7) is 0.288. The molecule has 2 rings (SSSR count). The Morgan fingerprint density at radius 1 is 1.28 bits per heavy atom. The van der Waals surface area contributed by atoms with Crippen molar-refractivity contribution in [3.63, 3.8) is 0 Å². The van der Waals surface area contributed by atoms with Gasteiger partial charge in [0, 0.05) is 18.7 Å². The van der Waals surface area contributed by atoms with Crippen LogP contribution < -0.4 is 26.0 Å². The van der Waals surface area contributed by atoms with E-state index in [9.17, 15) is 14.4 Å². The lowest BCUT2D eigenvalue weighted by Crippen LogP contribution is -2.37. The Bertz CT molecular complexity index is 639. The van der Waals surface area contributed by atoms with E-state index in [-0.39, 0.29) is 37.3 Å². The first-order chi connectivity index (χ1) is 11.5. The molecule has 1 aromatic carbocycles. The summed E-state index contributed by atoms with van der Waals surface area (Å²) in [7, 11) is 1.54. The molecular weight excluding hydrogens is 348 g/mol. The van der Waals surface area contributed by atoms with Crippen molar-refractivity contribution in [2.75, 3.05) is 37.0 Å². The zero-order valence-corrected chi connectivity index (χ0v) is 14.9. The van der Waals surface area contributed by atoms with Gasteiger partial charge < -0.3 is 26.0 Å². The lowest BCUT2D eigenvalue weighted by molar-refractivity contribution is -0.123. The van der Waals surface area contributed by atoms with E-state index in [0.717, 1.165) is 12.8 Å². The molecule has 0 saturated carbocycles. The van der Waals surface area contributed by atoms with Crippen molar-refractivity contribution in [3.05, 3.63) is 18.2 Å². The molecule has 0 unspecified atom stereocenters. The van der Waals surface area contributed by atoms with E-state index in [4.69, 9.17) is 10.5 Å². The van der Waals surface area contributed by atoms with E-state index in [2.05, 4.69) is 10.6 Å². The monoisotopic (exact) mass is 370 g/mol. The Balaban J connectivity index is 0.00000312. The molecule has 1 aromatic rings. The third-order valence-electron chi connectivity index (χ3n) is 3.71. The Morgan fingerprint density at radius 3 is 2.68 bits per heavy atom.